The van der Waals surface area contributed by atoms with Gasteiger partial charge in [0.05, 0.1) is 6.61 Å². The Balaban J connectivity index is 1.08. The summed E-state index contributed by atoms with van der Waals surface area (Å²) in [6.07, 6.45) is 7.87. The van der Waals surface area contributed by atoms with Crippen molar-refractivity contribution in [3.63, 3.8) is 0 Å². The third kappa shape index (κ3) is 4.39. The summed E-state index contributed by atoms with van der Waals surface area (Å²) in [4.78, 5) is 0. The van der Waals surface area contributed by atoms with Crippen molar-refractivity contribution in [3.8, 4) is 0 Å². The Bertz CT molecular complexity index is 2910. The molecular formula is C51H40O. The maximum Gasteiger partial charge on any atom is 0.108 e. The molecule has 0 bridgehead atoms. The quantitative estimate of drug-likeness (QED) is 0.160. The fourth-order valence-electron chi connectivity index (χ4n) is 10.2. The Hall–Kier alpha value is -5.50. The molecule has 0 aliphatic heterocycles. The molecule has 0 fully saturated rings. The minimum Gasteiger partial charge on any atom is -0.368 e. The predicted molar refractivity (Wildman–Crippen MR) is 221 cm³/mol. The standard InChI is InChI=1S/C51H40O/c1-3-31-7-4-8-32-17-19-39-28-41(27-30(2)45(39)46(31)32)51(44-26-23-38-16-14-34-10-6-12-36-22-25-43(44)50(38)48(34)36)52-29-40-20-18-37-15-13-33-9-5-11-35-21-24-42(40)49(37)47(33)35/h4-17,19,21-28,40,42,51H,3,18,20,29H2,1-2H3. The molecule has 11 rings (SSSR count). The Morgan fingerprint density at radius 3 is 2.13 bits per heavy atom. The van der Waals surface area contributed by atoms with Crippen molar-refractivity contribution in [2.24, 2.45) is 5.92 Å². The molecule has 0 aromatic heterocycles. The van der Waals surface area contributed by atoms with Gasteiger partial charge < -0.3 is 4.74 Å². The Morgan fingerprint density at radius 2 is 1.31 bits per heavy atom. The highest BCUT2D eigenvalue weighted by Gasteiger charge is 2.33. The maximum atomic E-state index is 7.43. The van der Waals surface area contributed by atoms with Crippen LogP contribution in [0.25, 0.3) is 70.7 Å². The summed E-state index contributed by atoms with van der Waals surface area (Å²) in [5, 5.41) is 16.0. The third-order valence-electron chi connectivity index (χ3n) is 12.6. The Kier molecular flexibility index (Phi) is 6.67. The number of hydrogen-bond acceptors (Lipinski definition) is 1. The number of fused-ring (bicyclic) bond motifs is 3. The van der Waals surface area contributed by atoms with Crippen LogP contribution in [0.15, 0.2) is 133 Å². The third-order valence-corrected chi connectivity index (χ3v) is 12.6. The molecule has 0 amide bonds. The Morgan fingerprint density at radius 1 is 0.635 bits per heavy atom. The van der Waals surface area contributed by atoms with Gasteiger partial charge in [0, 0.05) is 5.92 Å². The Labute approximate surface area is 304 Å². The topological polar surface area (TPSA) is 9.23 Å². The molecule has 2 aliphatic rings. The number of aryl methyl sites for hydroxylation is 3. The van der Waals surface area contributed by atoms with Crippen molar-refractivity contribution in [2.75, 3.05) is 6.61 Å². The first-order valence-corrected chi connectivity index (χ1v) is 19.1. The van der Waals surface area contributed by atoms with Crippen LogP contribution in [0.5, 0.6) is 0 Å². The van der Waals surface area contributed by atoms with E-state index in [0.29, 0.717) is 18.4 Å². The highest BCUT2D eigenvalue weighted by molar-refractivity contribution is 6.23. The molecule has 250 valence electrons. The second kappa shape index (κ2) is 11.5. The first kappa shape index (κ1) is 30.2. The van der Waals surface area contributed by atoms with E-state index in [4.69, 9.17) is 4.74 Å². The van der Waals surface area contributed by atoms with Gasteiger partial charge in [-0.1, -0.05) is 140 Å². The SMILES string of the molecule is CCc1cccc2ccc3cc(C(OCC4CCc5ccc6cccc7c6c5C4C=C7)c4ccc5ccc6cccc7ccc4c5c67)cc(C)c3c12. The van der Waals surface area contributed by atoms with Crippen molar-refractivity contribution >= 4 is 70.7 Å². The van der Waals surface area contributed by atoms with E-state index >= 15 is 0 Å². The largest absolute Gasteiger partial charge is 0.368 e. The zero-order valence-corrected chi connectivity index (χ0v) is 29.7. The van der Waals surface area contributed by atoms with Crippen molar-refractivity contribution in [2.45, 2.75) is 45.1 Å². The van der Waals surface area contributed by atoms with Crippen molar-refractivity contribution < 1.29 is 4.74 Å². The molecule has 0 saturated carbocycles. The minimum atomic E-state index is -0.207. The molecule has 1 nitrogen and oxygen atoms in total. The molecule has 52 heavy (non-hydrogen) atoms. The number of allylic oxidation sites excluding steroid dienone is 1. The van der Waals surface area contributed by atoms with Gasteiger partial charge in [0.2, 0.25) is 0 Å². The van der Waals surface area contributed by atoms with Crippen molar-refractivity contribution in [1.82, 2.24) is 0 Å². The van der Waals surface area contributed by atoms with E-state index in [0.717, 1.165) is 19.3 Å². The fourth-order valence-corrected chi connectivity index (χ4v) is 10.2. The minimum absolute atomic E-state index is 0.207. The molecule has 0 heterocycles. The van der Waals surface area contributed by atoms with Crippen molar-refractivity contribution in [3.05, 3.63) is 172 Å². The summed E-state index contributed by atoms with van der Waals surface area (Å²) in [7, 11) is 0. The van der Waals surface area contributed by atoms with Gasteiger partial charge >= 0.3 is 0 Å². The first-order valence-electron chi connectivity index (χ1n) is 19.1. The van der Waals surface area contributed by atoms with E-state index in [9.17, 15) is 0 Å². The van der Waals surface area contributed by atoms with E-state index in [1.165, 1.54) is 104 Å². The van der Waals surface area contributed by atoms with E-state index in [1.54, 1.807) is 0 Å². The fraction of sp³-hybridized carbons (Fsp3) is 0.176. The second-order valence-corrected chi connectivity index (χ2v) is 15.4. The van der Waals surface area contributed by atoms with Crippen LogP contribution >= 0.6 is 0 Å². The zero-order valence-electron chi connectivity index (χ0n) is 29.7. The van der Waals surface area contributed by atoms with Gasteiger partial charge in [-0.05, 0) is 142 Å². The van der Waals surface area contributed by atoms with Gasteiger partial charge in [-0.3, -0.25) is 0 Å². The molecule has 0 N–H and O–H groups in total. The summed E-state index contributed by atoms with van der Waals surface area (Å²) in [5.74, 6) is 0.768. The van der Waals surface area contributed by atoms with Gasteiger partial charge in [-0.25, -0.2) is 0 Å². The van der Waals surface area contributed by atoms with Gasteiger partial charge in [-0.2, -0.15) is 0 Å². The highest BCUT2D eigenvalue weighted by atomic mass is 16.5. The summed E-state index contributed by atoms with van der Waals surface area (Å²) < 4.78 is 7.43. The average molecular weight is 669 g/mol. The number of rotatable bonds is 6. The average Bonchev–Trinajstić information content (AvgIpc) is 3.19. The zero-order chi connectivity index (χ0) is 34.5. The van der Waals surface area contributed by atoms with Crippen LogP contribution in [-0.2, 0) is 17.6 Å². The summed E-state index contributed by atoms with van der Waals surface area (Å²) >= 11 is 0. The lowest BCUT2D eigenvalue weighted by molar-refractivity contribution is 0.0453. The lowest BCUT2D eigenvalue weighted by Crippen LogP contribution is -2.26. The number of ether oxygens (including phenoxy) is 1. The molecule has 0 radical (unpaired) electrons. The van der Waals surface area contributed by atoms with Gasteiger partial charge in [-0.15, -0.1) is 0 Å². The highest BCUT2D eigenvalue weighted by Crippen LogP contribution is 2.47. The molecule has 0 saturated heterocycles. The monoisotopic (exact) mass is 668 g/mol. The van der Waals surface area contributed by atoms with E-state index < -0.39 is 0 Å². The summed E-state index contributed by atoms with van der Waals surface area (Å²) in [6.45, 7) is 5.27. The number of hydrogen-bond donors (Lipinski definition) is 0. The normalized spacial score (nSPS) is 17.3. The molecule has 1 heteroatoms. The van der Waals surface area contributed by atoms with E-state index in [-0.39, 0.29) is 6.10 Å². The van der Waals surface area contributed by atoms with Crippen LogP contribution in [-0.4, -0.2) is 6.61 Å². The van der Waals surface area contributed by atoms with E-state index in [1.807, 2.05) is 0 Å². The summed E-state index contributed by atoms with van der Waals surface area (Å²) in [6, 6.07) is 48.2. The maximum absolute atomic E-state index is 7.43. The van der Waals surface area contributed by atoms with Crippen LogP contribution in [0.4, 0.5) is 0 Å². The molecular weight excluding hydrogens is 629 g/mol. The van der Waals surface area contributed by atoms with Gasteiger partial charge in [0.1, 0.15) is 6.10 Å². The number of benzene rings is 9. The second-order valence-electron chi connectivity index (χ2n) is 15.4. The van der Waals surface area contributed by atoms with Crippen LogP contribution in [0.1, 0.15) is 64.3 Å². The van der Waals surface area contributed by atoms with Crippen molar-refractivity contribution in [1.29, 1.82) is 0 Å². The molecule has 9 aromatic carbocycles. The van der Waals surface area contributed by atoms with Gasteiger partial charge in [0.25, 0.3) is 0 Å². The van der Waals surface area contributed by atoms with Crippen LogP contribution in [0.3, 0.4) is 0 Å². The molecule has 9 aromatic rings. The van der Waals surface area contributed by atoms with E-state index in [2.05, 4.69) is 153 Å². The van der Waals surface area contributed by atoms with Crippen LogP contribution in [0, 0.1) is 12.8 Å². The molecule has 2 aliphatic carbocycles. The van der Waals surface area contributed by atoms with Gasteiger partial charge in [0.15, 0.2) is 0 Å². The lowest BCUT2D eigenvalue weighted by Gasteiger charge is -2.36. The smallest absolute Gasteiger partial charge is 0.108 e. The molecule has 0 spiro atoms. The first-order chi connectivity index (χ1) is 25.6. The predicted octanol–water partition coefficient (Wildman–Crippen LogP) is 13.4. The van der Waals surface area contributed by atoms with Crippen LogP contribution in [0.2, 0.25) is 0 Å². The summed E-state index contributed by atoms with van der Waals surface area (Å²) in [5.41, 5.74) is 9.61. The molecule has 3 atom stereocenters. The van der Waals surface area contributed by atoms with Crippen LogP contribution < -0.4 is 0 Å². The molecule has 3 unspecified atom stereocenters. The lowest BCUT2D eigenvalue weighted by atomic mass is 9.71.